The molecular weight excluding hydrogens is 310 g/mol. The van der Waals surface area contributed by atoms with E-state index in [2.05, 4.69) is 21.2 Å². The molecule has 19 heavy (non-hydrogen) atoms. The number of methoxy groups -OCH3 is 1. The predicted octanol–water partition coefficient (Wildman–Crippen LogP) is 2.69. The molecule has 0 radical (unpaired) electrons. The third kappa shape index (κ3) is 4.06. The zero-order valence-electron chi connectivity index (χ0n) is 11.5. The summed E-state index contributed by atoms with van der Waals surface area (Å²) in [4.78, 5) is 23.6. The minimum atomic E-state index is -0.746. The number of hydrogen-bond donors (Lipinski definition) is 1. The van der Waals surface area contributed by atoms with Crippen LogP contribution in [0.25, 0.3) is 0 Å². The van der Waals surface area contributed by atoms with Gasteiger partial charge in [-0.2, -0.15) is 0 Å². The number of amides is 1. The van der Waals surface area contributed by atoms with Crippen LogP contribution in [0.3, 0.4) is 0 Å². The van der Waals surface area contributed by atoms with Crippen molar-refractivity contribution in [3.63, 3.8) is 0 Å². The molecule has 5 heteroatoms. The molecule has 1 aromatic carbocycles. The first kappa shape index (κ1) is 15.7. The quantitative estimate of drug-likeness (QED) is 0.865. The molecule has 1 aromatic rings. The average molecular weight is 328 g/mol. The molecular formula is C14H18BrNO3. The van der Waals surface area contributed by atoms with Crippen molar-refractivity contribution in [3.8, 4) is 0 Å². The Bertz CT molecular complexity index is 497. The van der Waals surface area contributed by atoms with Crippen LogP contribution < -0.4 is 5.32 Å². The largest absolute Gasteiger partial charge is 0.469 e. The number of carbonyl (C=O) groups is 2. The summed E-state index contributed by atoms with van der Waals surface area (Å²) in [7, 11) is 1.34. The number of benzene rings is 1. The molecule has 0 fully saturated rings. The van der Waals surface area contributed by atoms with Gasteiger partial charge in [0.15, 0.2) is 0 Å². The lowest BCUT2D eigenvalue weighted by Gasteiger charge is -2.22. The molecule has 0 saturated carbocycles. The van der Waals surface area contributed by atoms with E-state index in [0.717, 1.165) is 10.0 Å². The molecule has 0 saturated heterocycles. The summed E-state index contributed by atoms with van der Waals surface area (Å²) in [5, 5.41) is 2.76. The highest BCUT2D eigenvalue weighted by molar-refractivity contribution is 9.10. The summed E-state index contributed by atoms with van der Waals surface area (Å²) in [6, 6.07) is 5.50. The number of nitrogens with one attached hydrogen (secondary N) is 1. The van der Waals surface area contributed by atoms with Crippen LogP contribution in [0.2, 0.25) is 0 Å². The second-order valence-corrected chi connectivity index (χ2v) is 5.93. The van der Waals surface area contributed by atoms with Gasteiger partial charge in [-0.3, -0.25) is 9.59 Å². The van der Waals surface area contributed by atoms with Crippen molar-refractivity contribution in [2.75, 3.05) is 13.7 Å². The fraction of sp³-hybridized carbons (Fsp3) is 0.429. The average Bonchev–Trinajstić information content (AvgIpc) is 2.37. The Balaban J connectivity index is 2.76. The Labute approximate surface area is 121 Å². The van der Waals surface area contributed by atoms with Crippen LogP contribution in [0.5, 0.6) is 0 Å². The van der Waals surface area contributed by atoms with E-state index in [1.165, 1.54) is 7.11 Å². The molecule has 0 heterocycles. The molecule has 0 aliphatic carbocycles. The van der Waals surface area contributed by atoms with E-state index in [0.29, 0.717) is 5.56 Å². The molecule has 4 nitrogen and oxygen atoms in total. The molecule has 0 unspecified atom stereocenters. The lowest BCUT2D eigenvalue weighted by molar-refractivity contribution is -0.150. The second kappa shape index (κ2) is 6.19. The lowest BCUT2D eigenvalue weighted by Crippen LogP contribution is -2.39. The van der Waals surface area contributed by atoms with Crippen LogP contribution in [-0.4, -0.2) is 25.5 Å². The minimum absolute atomic E-state index is 0.198. The van der Waals surface area contributed by atoms with Crippen LogP contribution in [-0.2, 0) is 9.53 Å². The SMILES string of the molecule is COC(=O)C(C)(C)CNC(=O)c1cc(Br)ccc1C. The summed E-state index contributed by atoms with van der Waals surface area (Å²) in [5.41, 5.74) is 0.733. The van der Waals surface area contributed by atoms with E-state index in [9.17, 15) is 9.59 Å². The van der Waals surface area contributed by atoms with Gasteiger partial charge in [0.2, 0.25) is 0 Å². The normalized spacial score (nSPS) is 11.0. The van der Waals surface area contributed by atoms with Crippen molar-refractivity contribution in [1.82, 2.24) is 5.32 Å². The van der Waals surface area contributed by atoms with Crippen LogP contribution in [0, 0.1) is 12.3 Å². The fourth-order valence-electron chi connectivity index (χ4n) is 1.58. The molecule has 104 valence electrons. The summed E-state index contributed by atoms with van der Waals surface area (Å²) in [6.45, 7) is 5.55. The topological polar surface area (TPSA) is 55.4 Å². The Morgan fingerprint density at radius 2 is 2.00 bits per heavy atom. The summed E-state index contributed by atoms with van der Waals surface area (Å²) >= 11 is 3.34. The Morgan fingerprint density at radius 3 is 2.58 bits per heavy atom. The van der Waals surface area contributed by atoms with Gasteiger partial charge in [0.05, 0.1) is 12.5 Å². The van der Waals surface area contributed by atoms with Crippen LogP contribution >= 0.6 is 15.9 Å². The van der Waals surface area contributed by atoms with Gasteiger partial charge >= 0.3 is 5.97 Å². The first-order chi connectivity index (χ1) is 8.77. The first-order valence-corrected chi connectivity index (χ1v) is 6.70. The zero-order chi connectivity index (χ0) is 14.6. The van der Waals surface area contributed by atoms with Gasteiger partial charge in [0, 0.05) is 16.6 Å². The predicted molar refractivity (Wildman–Crippen MR) is 77.0 cm³/mol. The maximum Gasteiger partial charge on any atom is 0.313 e. The van der Waals surface area contributed by atoms with Gasteiger partial charge in [0.1, 0.15) is 0 Å². The standard InChI is InChI=1S/C14H18BrNO3/c1-9-5-6-10(15)7-11(9)12(17)16-8-14(2,3)13(18)19-4/h5-7H,8H2,1-4H3,(H,16,17). The van der Waals surface area contributed by atoms with Crippen LogP contribution in [0.1, 0.15) is 29.8 Å². The number of aryl methyl sites for hydroxylation is 1. The molecule has 1 amide bonds. The highest BCUT2D eigenvalue weighted by Gasteiger charge is 2.29. The van der Waals surface area contributed by atoms with E-state index in [-0.39, 0.29) is 18.4 Å². The van der Waals surface area contributed by atoms with Gasteiger partial charge in [-0.15, -0.1) is 0 Å². The smallest absolute Gasteiger partial charge is 0.313 e. The van der Waals surface area contributed by atoms with Gasteiger partial charge in [-0.05, 0) is 38.5 Å². The van der Waals surface area contributed by atoms with Crippen molar-refractivity contribution in [3.05, 3.63) is 33.8 Å². The Hall–Kier alpha value is -1.36. The van der Waals surface area contributed by atoms with Gasteiger partial charge in [-0.1, -0.05) is 22.0 Å². The molecule has 1 rings (SSSR count). The minimum Gasteiger partial charge on any atom is -0.469 e. The van der Waals surface area contributed by atoms with Crippen molar-refractivity contribution >= 4 is 27.8 Å². The van der Waals surface area contributed by atoms with Gasteiger partial charge in [-0.25, -0.2) is 0 Å². The van der Waals surface area contributed by atoms with Gasteiger partial charge < -0.3 is 10.1 Å². The van der Waals surface area contributed by atoms with Crippen molar-refractivity contribution in [2.24, 2.45) is 5.41 Å². The summed E-state index contributed by atoms with van der Waals surface area (Å²) in [5.74, 6) is -0.547. The third-order valence-corrected chi connectivity index (χ3v) is 3.37. The van der Waals surface area contributed by atoms with Crippen molar-refractivity contribution < 1.29 is 14.3 Å². The number of ether oxygens (including phenoxy) is 1. The third-order valence-electron chi connectivity index (χ3n) is 2.87. The lowest BCUT2D eigenvalue weighted by atomic mass is 9.93. The monoisotopic (exact) mass is 327 g/mol. The van der Waals surface area contributed by atoms with Crippen molar-refractivity contribution in [2.45, 2.75) is 20.8 Å². The van der Waals surface area contributed by atoms with Crippen LogP contribution in [0.4, 0.5) is 0 Å². The number of esters is 1. The Kier molecular flexibility index (Phi) is 5.11. The van der Waals surface area contributed by atoms with E-state index in [4.69, 9.17) is 4.74 Å². The van der Waals surface area contributed by atoms with E-state index < -0.39 is 5.41 Å². The van der Waals surface area contributed by atoms with E-state index in [1.807, 2.05) is 19.1 Å². The maximum absolute atomic E-state index is 12.1. The number of carbonyl (C=O) groups excluding carboxylic acids is 2. The molecule has 0 bridgehead atoms. The Morgan fingerprint density at radius 1 is 1.37 bits per heavy atom. The molecule has 0 aliphatic heterocycles. The summed E-state index contributed by atoms with van der Waals surface area (Å²) < 4.78 is 5.54. The second-order valence-electron chi connectivity index (χ2n) is 5.02. The maximum atomic E-state index is 12.1. The van der Waals surface area contributed by atoms with Gasteiger partial charge in [0.25, 0.3) is 5.91 Å². The number of hydrogen-bond acceptors (Lipinski definition) is 3. The van der Waals surface area contributed by atoms with Crippen molar-refractivity contribution in [1.29, 1.82) is 0 Å². The highest BCUT2D eigenvalue weighted by Crippen LogP contribution is 2.18. The molecule has 1 N–H and O–H groups in total. The van der Waals surface area contributed by atoms with E-state index >= 15 is 0 Å². The molecule has 0 aliphatic rings. The van der Waals surface area contributed by atoms with Crippen LogP contribution in [0.15, 0.2) is 22.7 Å². The molecule has 0 atom stereocenters. The summed E-state index contributed by atoms with van der Waals surface area (Å²) in [6.07, 6.45) is 0. The molecule has 0 aromatic heterocycles. The number of rotatable bonds is 4. The molecule has 0 spiro atoms. The van der Waals surface area contributed by atoms with E-state index in [1.54, 1.807) is 19.9 Å². The highest BCUT2D eigenvalue weighted by atomic mass is 79.9. The zero-order valence-corrected chi connectivity index (χ0v) is 13.1. The number of halogens is 1. The first-order valence-electron chi connectivity index (χ1n) is 5.90. The fourth-order valence-corrected chi connectivity index (χ4v) is 1.94.